The minimum absolute atomic E-state index is 0.0853. The van der Waals surface area contributed by atoms with Crippen LogP contribution in [0.1, 0.15) is 18.1 Å². The van der Waals surface area contributed by atoms with Gasteiger partial charge >= 0.3 is 12.1 Å². The van der Waals surface area contributed by atoms with Crippen molar-refractivity contribution in [2.24, 2.45) is 0 Å². The Balaban J connectivity index is 1.64. The van der Waals surface area contributed by atoms with E-state index in [1.54, 1.807) is 18.2 Å². The van der Waals surface area contributed by atoms with Crippen molar-refractivity contribution < 1.29 is 41.9 Å². The lowest BCUT2D eigenvalue weighted by atomic mass is 10.1. The van der Waals surface area contributed by atoms with Crippen LogP contribution in [0.25, 0.3) is 6.08 Å². The number of halogens is 3. The topological polar surface area (TPSA) is 117 Å². The molecule has 0 aliphatic carbocycles. The average molecular weight is 452 g/mol. The molecule has 168 valence electrons. The number of nitrogens with one attached hydrogen (secondary N) is 1. The highest BCUT2D eigenvalue weighted by Crippen LogP contribution is 2.37. The summed E-state index contributed by atoms with van der Waals surface area (Å²) in [5.74, 6) is -0.907. The molecule has 1 heterocycles. The fourth-order valence-corrected chi connectivity index (χ4v) is 2.67. The fourth-order valence-electron chi connectivity index (χ4n) is 2.67. The molecule has 1 atom stereocenters. The Bertz CT molecular complexity index is 1100. The number of nitrogens with zero attached hydrogens (tertiary/aromatic N) is 1. The third kappa shape index (κ3) is 5.33. The predicted octanol–water partition coefficient (Wildman–Crippen LogP) is 3.93. The number of non-ortho nitro benzene ring substituents is 1. The molecule has 2 aromatic carbocycles. The second-order valence-electron chi connectivity index (χ2n) is 6.50. The Hall–Kier alpha value is -4.09. The zero-order chi connectivity index (χ0) is 23.5. The minimum Gasteiger partial charge on any atom is -0.454 e. The smallest absolute Gasteiger partial charge is 0.418 e. The van der Waals surface area contributed by atoms with Gasteiger partial charge in [-0.15, -0.1) is 0 Å². The molecule has 0 fully saturated rings. The molecule has 3 rings (SSSR count). The highest BCUT2D eigenvalue weighted by Gasteiger charge is 2.36. The van der Waals surface area contributed by atoms with Crippen LogP contribution < -0.4 is 14.8 Å². The molecule has 32 heavy (non-hydrogen) atoms. The molecule has 1 aliphatic rings. The first-order valence-corrected chi connectivity index (χ1v) is 8.99. The summed E-state index contributed by atoms with van der Waals surface area (Å²) in [6.45, 7) is 1.25. The number of rotatable bonds is 6. The van der Waals surface area contributed by atoms with E-state index in [0.29, 0.717) is 23.1 Å². The van der Waals surface area contributed by atoms with Gasteiger partial charge in [-0.1, -0.05) is 6.07 Å². The maximum atomic E-state index is 13.2. The summed E-state index contributed by atoms with van der Waals surface area (Å²) in [7, 11) is 0. The number of hydrogen-bond donors (Lipinski definition) is 1. The molecule has 1 N–H and O–H groups in total. The summed E-state index contributed by atoms with van der Waals surface area (Å²) in [4.78, 5) is 33.9. The number of ether oxygens (including phenoxy) is 3. The lowest BCUT2D eigenvalue weighted by molar-refractivity contribution is -0.385. The van der Waals surface area contributed by atoms with Crippen molar-refractivity contribution in [3.05, 3.63) is 63.7 Å². The van der Waals surface area contributed by atoms with Crippen molar-refractivity contribution in [2.45, 2.75) is 19.2 Å². The molecular formula is C20H15F3N2O7. The number of alkyl halides is 3. The highest BCUT2D eigenvalue weighted by atomic mass is 19.4. The quantitative estimate of drug-likeness (QED) is 0.306. The zero-order valence-corrected chi connectivity index (χ0v) is 16.3. The maximum Gasteiger partial charge on any atom is 0.418 e. The molecule has 0 saturated carbocycles. The summed E-state index contributed by atoms with van der Waals surface area (Å²) in [6.07, 6.45) is -3.97. The number of carbonyl (C=O) groups excluding carboxylic acids is 2. The molecule has 1 amide bonds. The van der Waals surface area contributed by atoms with Crippen molar-refractivity contribution in [3.63, 3.8) is 0 Å². The van der Waals surface area contributed by atoms with Crippen LogP contribution in [0, 0.1) is 10.1 Å². The first-order valence-electron chi connectivity index (χ1n) is 8.99. The van der Waals surface area contributed by atoms with E-state index in [9.17, 15) is 32.9 Å². The van der Waals surface area contributed by atoms with Crippen molar-refractivity contribution in [3.8, 4) is 11.5 Å². The van der Waals surface area contributed by atoms with Gasteiger partial charge in [-0.3, -0.25) is 14.9 Å². The molecule has 0 aromatic heterocycles. The van der Waals surface area contributed by atoms with Crippen molar-refractivity contribution in [1.82, 2.24) is 0 Å². The SMILES string of the molecule is C[C@H](OC(=O)/C=C\c1ccc2c(c1)OCO2)C(=O)Nc1ccc([N+](=O)[O-])cc1C(F)(F)F. The third-order valence-corrected chi connectivity index (χ3v) is 4.25. The summed E-state index contributed by atoms with van der Waals surface area (Å²) >= 11 is 0. The van der Waals surface area contributed by atoms with Crippen LogP contribution in [0.3, 0.4) is 0 Å². The predicted molar refractivity (Wildman–Crippen MR) is 104 cm³/mol. The Kier molecular flexibility index (Phi) is 6.32. The molecule has 12 heteroatoms. The molecule has 0 radical (unpaired) electrons. The van der Waals surface area contributed by atoms with Gasteiger partial charge in [0.2, 0.25) is 6.79 Å². The fraction of sp³-hybridized carbons (Fsp3) is 0.200. The lowest BCUT2D eigenvalue weighted by Crippen LogP contribution is -2.30. The number of carbonyl (C=O) groups is 2. The highest BCUT2D eigenvalue weighted by molar-refractivity contribution is 5.97. The largest absolute Gasteiger partial charge is 0.454 e. The maximum absolute atomic E-state index is 13.2. The van der Waals surface area contributed by atoms with Gasteiger partial charge < -0.3 is 19.5 Å². The van der Waals surface area contributed by atoms with E-state index in [4.69, 9.17) is 14.2 Å². The first-order chi connectivity index (χ1) is 15.0. The number of amides is 1. The second kappa shape index (κ2) is 8.96. The first kappa shape index (κ1) is 22.6. The molecule has 0 saturated heterocycles. The van der Waals surface area contributed by atoms with Crippen molar-refractivity contribution in [2.75, 3.05) is 12.1 Å². The van der Waals surface area contributed by atoms with Gasteiger partial charge in [-0.05, 0) is 36.8 Å². The van der Waals surface area contributed by atoms with E-state index in [-0.39, 0.29) is 6.79 Å². The van der Waals surface area contributed by atoms with Crippen LogP contribution in [-0.2, 0) is 20.5 Å². The Morgan fingerprint density at radius 3 is 2.59 bits per heavy atom. The minimum atomic E-state index is -4.96. The van der Waals surface area contributed by atoms with Crippen LogP contribution in [-0.4, -0.2) is 29.7 Å². The summed E-state index contributed by atoms with van der Waals surface area (Å²) in [5.41, 5.74) is -2.30. The van der Waals surface area contributed by atoms with E-state index < -0.39 is 46.0 Å². The van der Waals surface area contributed by atoms with Crippen molar-refractivity contribution in [1.29, 1.82) is 0 Å². The van der Waals surface area contributed by atoms with Gasteiger partial charge in [0.15, 0.2) is 17.6 Å². The molecule has 1 aliphatic heterocycles. The van der Waals surface area contributed by atoms with E-state index >= 15 is 0 Å². The monoisotopic (exact) mass is 452 g/mol. The molecular weight excluding hydrogens is 437 g/mol. The number of hydrogen-bond acceptors (Lipinski definition) is 7. The Morgan fingerprint density at radius 1 is 1.19 bits per heavy atom. The lowest BCUT2D eigenvalue weighted by Gasteiger charge is -2.16. The number of fused-ring (bicyclic) bond motifs is 1. The van der Waals surface area contributed by atoms with E-state index in [2.05, 4.69) is 0 Å². The molecule has 0 unspecified atom stereocenters. The molecule has 0 bridgehead atoms. The number of nitro groups is 1. The zero-order valence-electron chi connectivity index (χ0n) is 16.3. The van der Waals surface area contributed by atoms with E-state index in [1.165, 1.54) is 13.0 Å². The Morgan fingerprint density at radius 2 is 1.91 bits per heavy atom. The van der Waals surface area contributed by atoms with Gasteiger partial charge in [0.25, 0.3) is 11.6 Å². The van der Waals surface area contributed by atoms with Crippen LogP contribution in [0.4, 0.5) is 24.5 Å². The van der Waals surface area contributed by atoms with E-state index in [1.807, 2.05) is 5.32 Å². The number of nitro benzene ring substituents is 1. The van der Waals surface area contributed by atoms with Crippen LogP contribution >= 0.6 is 0 Å². The number of benzene rings is 2. The van der Waals surface area contributed by atoms with Crippen LogP contribution in [0.2, 0.25) is 0 Å². The standard InChI is InChI=1S/C20H15F3N2O7/c1-11(32-18(26)7-3-12-2-6-16-17(8-12)31-10-30-16)19(27)24-15-5-4-13(25(28)29)9-14(15)20(21,22)23/h2-9,11H,10H2,1H3,(H,24,27)/b7-3-/t11-/m0/s1. The number of esters is 1. The second-order valence-corrected chi connectivity index (χ2v) is 6.50. The molecule has 9 nitrogen and oxygen atoms in total. The molecule has 0 spiro atoms. The van der Waals surface area contributed by atoms with Gasteiger partial charge in [0, 0.05) is 18.2 Å². The van der Waals surface area contributed by atoms with Crippen LogP contribution in [0.15, 0.2) is 42.5 Å². The van der Waals surface area contributed by atoms with Gasteiger partial charge in [-0.25, -0.2) is 4.79 Å². The van der Waals surface area contributed by atoms with Crippen LogP contribution in [0.5, 0.6) is 11.5 Å². The summed E-state index contributed by atoms with van der Waals surface area (Å²) in [6, 6.07) is 6.80. The van der Waals surface area contributed by atoms with Gasteiger partial charge in [-0.2, -0.15) is 13.2 Å². The van der Waals surface area contributed by atoms with Crippen molar-refractivity contribution >= 4 is 29.3 Å². The van der Waals surface area contributed by atoms with Gasteiger partial charge in [0.05, 0.1) is 16.2 Å². The normalized spacial score (nSPS) is 13.6. The van der Waals surface area contributed by atoms with E-state index in [0.717, 1.165) is 18.2 Å². The summed E-state index contributed by atoms with van der Waals surface area (Å²) in [5, 5.41) is 12.7. The number of anilines is 1. The third-order valence-electron chi connectivity index (χ3n) is 4.25. The Labute approximate surface area is 178 Å². The molecule has 2 aromatic rings. The summed E-state index contributed by atoms with van der Waals surface area (Å²) < 4.78 is 54.9. The average Bonchev–Trinajstić information content (AvgIpc) is 3.19. The van der Waals surface area contributed by atoms with Gasteiger partial charge in [0.1, 0.15) is 0 Å².